The minimum Gasteiger partial charge on any atom is -0.496 e. The van der Waals surface area contributed by atoms with E-state index in [4.69, 9.17) is 9.84 Å². The van der Waals surface area contributed by atoms with E-state index in [-0.39, 0.29) is 6.61 Å². The van der Waals surface area contributed by atoms with Gasteiger partial charge in [0, 0.05) is 6.61 Å². The van der Waals surface area contributed by atoms with Crippen LogP contribution >= 0.6 is 0 Å². The lowest BCUT2D eigenvalue weighted by Crippen LogP contribution is -1.97. The van der Waals surface area contributed by atoms with Gasteiger partial charge in [-0.25, -0.2) is 0 Å². The van der Waals surface area contributed by atoms with Crippen molar-refractivity contribution in [1.82, 2.24) is 0 Å². The molecular formula is C10H14O2. The van der Waals surface area contributed by atoms with Crippen LogP contribution in [0.2, 0.25) is 0 Å². The van der Waals surface area contributed by atoms with Crippen molar-refractivity contribution in [3.8, 4) is 5.75 Å². The molecule has 1 aromatic carbocycles. The van der Waals surface area contributed by atoms with E-state index in [9.17, 15) is 0 Å². The molecule has 0 radical (unpaired) electrons. The third-order valence-electron chi connectivity index (χ3n) is 1.88. The Hall–Kier alpha value is -1.02. The number of rotatable bonds is 3. The molecule has 2 nitrogen and oxygen atoms in total. The molecule has 0 amide bonds. The van der Waals surface area contributed by atoms with E-state index in [1.54, 1.807) is 7.11 Å². The average molecular weight is 166 g/mol. The number of hydrogen-bond donors (Lipinski definition) is 1. The molecule has 0 aliphatic carbocycles. The van der Waals surface area contributed by atoms with Crippen molar-refractivity contribution in [2.75, 3.05) is 13.7 Å². The van der Waals surface area contributed by atoms with Crippen LogP contribution < -0.4 is 4.74 Å². The monoisotopic (exact) mass is 166 g/mol. The van der Waals surface area contributed by atoms with Gasteiger partial charge in [0.2, 0.25) is 0 Å². The first-order chi connectivity index (χ1) is 5.79. The Bertz CT molecular complexity index is 256. The van der Waals surface area contributed by atoms with Gasteiger partial charge in [0.25, 0.3) is 0 Å². The van der Waals surface area contributed by atoms with Crippen LogP contribution in [0.15, 0.2) is 18.2 Å². The molecule has 0 saturated heterocycles. The van der Waals surface area contributed by atoms with E-state index in [0.717, 1.165) is 16.9 Å². The summed E-state index contributed by atoms with van der Waals surface area (Å²) in [5.74, 6) is 0.895. The number of ether oxygens (including phenoxy) is 1. The maximum Gasteiger partial charge on any atom is 0.125 e. The summed E-state index contributed by atoms with van der Waals surface area (Å²) in [5, 5.41) is 8.77. The van der Waals surface area contributed by atoms with Crippen molar-refractivity contribution < 1.29 is 9.84 Å². The standard InChI is InChI=1S/C10H14O2/c1-8-4-3-5-9(6-7-11)10(8)12-2/h3-5,11H,6-7H2,1-2H3. The molecule has 0 heterocycles. The first kappa shape index (κ1) is 9.07. The van der Waals surface area contributed by atoms with Crippen LogP contribution in [0.5, 0.6) is 5.75 Å². The van der Waals surface area contributed by atoms with E-state index in [2.05, 4.69) is 0 Å². The molecule has 0 unspecified atom stereocenters. The number of hydrogen-bond acceptors (Lipinski definition) is 2. The van der Waals surface area contributed by atoms with Gasteiger partial charge >= 0.3 is 0 Å². The second-order valence-corrected chi connectivity index (χ2v) is 2.74. The number of aliphatic hydroxyl groups excluding tert-OH is 1. The number of methoxy groups -OCH3 is 1. The Kier molecular flexibility index (Phi) is 3.11. The molecule has 0 fully saturated rings. The van der Waals surface area contributed by atoms with Crippen molar-refractivity contribution in [1.29, 1.82) is 0 Å². The molecule has 0 aliphatic rings. The zero-order valence-electron chi connectivity index (χ0n) is 7.50. The van der Waals surface area contributed by atoms with Crippen LogP contribution in [0.1, 0.15) is 11.1 Å². The van der Waals surface area contributed by atoms with Crippen molar-refractivity contribution in [3.63, 3.8) is 0 Å². The number of aliphatic hydroxyl groups is 1. The number of para-hydroxylation sites is 1. The number of benzene rings is 1. The fourth-order valence-electron chi connectivity index (χ4n) is 1.32. The molecule has 1 aromatic rings. The fraction of sp³-hybridized carbons (Fsp3) is 0.400. The molecule has 0 aliphatic heterocycles. The Morgan fingerprint density at radius 2 is 2.17 bits per heavy atom. The SMILES string of the molecule is COc1c(C)cccc1CCO. The van der Waals surface area contributed by atoms with Crippen LogP contribution in [0.4, 0.5) is 0 Å². The fourth-order valence-corrected chi connectivity index (χ4v) is 1.32. The Morgan fingerprint density at radius 3 is 2.75 bits per heavy atom. The summed E-state index contributed by atoms with van der Waals surface area (Å²) in [5.41, 5.74) is 2.18. The molecule has 0 saturated carbocycles. The van der Waals surface area contributed by atoms with E-state index >= 15 is 0 Å². The van der Waals surface area contributed by atoms with Gasteiger partial charge in [-0.05, 0) is 24.5 Å². The van der Waals surface area contributed by atoms with E-state index in [1.165, 1.54) is 0 Å². The lowest BCUT2D eigenvalue weighted by molar-refractivity contribution is 0.296. The summed E-state index contributed by atoms with van der Waals surface area (Å²) in [6, 6.07) is 5.95. The predicted octanol–water partition coefficient (Wildman–Crippen LogP) is 1.54. The van der Waals surface area contributed by atoms with Gasteiger partial charge in [0.05, 0.1) is 7.11 Å². The molecule has 0 atom stereocenters. The smallest absolute Gasteiger partial charge is 0.125 e. The minimum absolute atomic E-state index is 0.166. The summed E-state index contributed by atoms with van der Waals surface area (Å²) in [6.45, 7) is 2.17. The van der Waals surface area contributed by atoms with Crippen LogP contribution in [0.3, 0.4) is 0 Å². The topological polar surface area (TPSA) is 29.5 Å². The quantitative estimate of drug-likeness (QED) is 0.738. The first-order valence-corrected chi connectivity index (χ1v) is 4.03. The molecule has 0 aromatic heterocycles. The van der Waals surface area contributed by atoms with Crippen molar-refractivity contribution in [3.05, 3.63) is 29.3 Å². The van der Waals surface area contributed by atoms with Gasteiger partial charge in [0.15, 0.2) is 0 Å². The van der Waals surface area contributed by atoms with Crippen LogP contribution in [-0.4, -0.2) is 18.8 Å². The molecule has 1 rings (SSSR count). The van der Waals surface area contributed by atoms with Gasteiger partial charge in [-0.1, -0.05) is 18.2 Å². The van der Waals surface area contributed by atoms with Crippen molar-refractivity contribution in [2.24, 2.45) is 0 Å². The molecule has 1 N–H and O–H groups in total. The first-order valence-electron chi connectivity index (χ1n) is 4.03. The second kappa shape index (κ2) is 4.12. The van der Waals surface area contributed by atoms with Gasteiger partial charge in [-0.15, -0.1) is 0 Å². The summed E-state index contributed by atoms with van der Waals surface area (Å²) < 4.78 is 5.22. The van der Waals surface area contributed by atoms with Crippen molar-refractivity contribution in [2.45, 2.75) is 13.3 Å². The van der Waals surface area contributed by atoms with E-state index < -0.39 is 0 Å². The maximum atomic E-state index is 8.77. The predicted molar refractivity (Wildman–Crippen MR) is 48.5 cm³/mol. The highest BCUT2D eigenvalue weighted by molar-refractivity contribution is 5.40. The highest BCUT2D eigenvalue weighted by Crippen LogP contribution is 2.22. The van der Waals surface area contributed by atoms with Crippen LogP contribution in [0, 0.1) is 6.92 Å². The highest BCUT2D eigenvalue weighted by atomic mass is 16.5. The highest BCUT2D eigenvalue weighted by Gasteiger charge is 2.03. The summed E-state index contributed by atoms with van der Waals surface area (Å²) in [7, 11) is 1.66. The van der Waals surface area contributed by atoms with Crippen LogP contribution in [-0.2, 0) is 6.42 Å². The minimum atomic E-state index is 0.166. The second-order valence-electron chi connectivity index (χ2n) is 2.74. The summed E-state index contributed by atoms with van der Waals surface area (Å²) in [6.07, 6.45) is 0.658. The summed E-state index contributed by atoms with van der Waals surface area (Å²) in [4.78, 5) is 0. The maximum absolute atomic E-state index is 8.77. The zero-order valence-corrected chi connectivity index (χ0v) is 7.50. The van der Waals surface area contributed by atoms with Gasteiger partial charge in [-0.3, -0.25) is 0 Å². The van der Waals surface area contributed by atoms with E-state index in [1.807, 2.05) is 25.1 Å². The van der Waals surface area contributed by atoms with Gasteiger partial charge in [-0.2, -0.15) is 0 Å². The normalized spacial score (nSPS) is 9.92. The average Bonchev–Trinajstić information content (AvgIpc) is 2.05. The Morgan fingerprint density at radius 1 is 1.42 bits per heavy atom. The lowest BCUT2D eigenvalue weighted by atomic mass is 10.1. The largest absolute Gasteiger partial charge is 0.496 e. The molecule has 66 valence electrons. The van der Waals surface area contributed by atoms with E-state index in [0.29, 0.717) is 6.42 Å². The molecule has 0 bridgehead atoms. The molecule has 0 spiro atoms. The van der Waals surface area contributed by atoms with Gasteiger partial charge < -0.3 is 9.84 Å². The van der Waals surface area contributed by atoms with Crippen molar-refractivity contribution >= 4 is 0 Å². The van der Waals surface area contributed by atoms with Gasteiger partial charge in [0.1, 0.15) is 5.75 Å². The zero-order chi connectivity index (χ0) is 8.97. The Labute approximate surface area is 72.8 Å². The number of aryl methyl sites for hydroxylation is 1. The third-order valence-corrected chi connectivity index (χ3v) is 1.88. The van der Waals surface area contributed by atoms with Crippen LogP contribution in [0.25, 0.3) is 0 Å². The third kappa shape index (κ3) is 1.77. The molecule has 2 heteroatoms. The Balaban J connectivity index is 3.00. The molecular weight excluding hydrogens is 152 g/mol. The summed E-state index contributed by atoms with van der Waals surface area (Å²) >= 11 is 0. The lowest BCUT2D eigenvalue weighted by Gasteiger charge is -2.09. The molecule has 12 heavy (non-hydrogen) atoms.